The van der Waals surface area contributed by atoms with Crippen molar-refractivity contribution in [2.24, 2.45) is 0 Å². The molecular weight excluding hydrogens is 272 g/mol. The first-order valence-electron chi connectivity index (χ1n) is 7.10. The molecule has 108 valence electrons. The molecule has 5 heteroatoms. The smallest absolute Gasteiger partial charge is 0.172 e. The zero-order valence-electron chi connectivity index (χ0n) is 12.3. The maximum absolute atomic E-state index is 6.24. The van der Waals surface area contributed by atoms with Crippen LogP contribution in [-0.2, 0) is 0 Å². The van der Waals surface area contributed by atoms with E-state index in [1.807, 2.05) is 38.1 Å². The summed E-state index contributed by atoms with van der Waals surface area (Å²) in [7, 11) is 2.13. The molecule has 0 bridgehead atoms. The summed E-state index contributed by atoms with van der Waals surface area (Å²) in [5.41, 5.74) is 1.75. The van der Waals surface area contributed by atoms with Gasteiger partial charge in [-0.2, -0.15) is 0 Å². The van der Waals surface area contributed by atoms with Crippen molar-refractivity contribution in [1.29, 1.82) is 0 Å². The van der Waals surface area contributed by atoms with Gasteiger partial charge in [0.15, 0.2) is 11.0 Å². The van der Waals surface area contributed by atoms with Crippen LogP contribution in [-0.4, -0.2) is 48.1 Å². The Bertz CT molecular complexity index is 565. The van der Waals surface area contributed by atoms with Crippen molar-refractivity contribution < 1.29 is 0 Å². The van der Waals surface area contributed by atoms with Crippen LogP contribution in [0.4, 0.5) is 5.82 Å². The molecule has 1 saturated heterocycles. The Morgan fingerprint density at radius 3 is 2.10 bits per heavy atom. The zero-order valence-corrected chi connectivity index (χ0v) is 13.1. The lowest BCUT2D eigenvalue weighted by molar-refractivity contribution is 0.312. The third-order valence-electron chi connectivity index (χ3n) is 3.31. The number of benzene rings is 1. The summed E-state index contributed by atoms with van der Waals surface area (Å²) in [5, 5.41) is 0.498. The van der Waals surface area contributed by atoms with E-state index in [1.54, 1.807) is 0 Å². The van der Waals surface area contributed by atoms with Gasteiger partial charge < -0.3 is 9.80 Å². The minimum Gasteiger partial charge on any atom is -0.351 e. The fourth-order valence-electron chi connectivity index (χ4n) is 2.19. The van der Waals surface area contributed by atoms with Crippen molar-refractivity contribution in [2.45, 2.75) is 13.8 Å². The number of likely N-dealkylation sites (N-methyl/N-ethyl adjacent to an activating group) is 1. The Morgan fingerprint density at radius 2 is 1.50 bits per heavy atom. The van der Waals surface area contributed by atoms with Crippen LogP contribution in [0.3, 0.4) is 0 Å². The van der Waals surface area contributed by atoms with Crippen LogP contribution in [0.5, 0.6) is 0 Å². The molecule has 1 aromatic heterocycles. The number of halogens is 1. The van der Waals surface area contributed by atoms with Gasteiger partial charge in [0.25, 0.3) is 0 Å². The molecule has 2 aromatic rings. The summed E-state index contributed by atoms with van der Waals surface area (Å²) < 4.78 is 0. The molecule has 4 nitrogen and oxygen atoms in total. The van der Waals surface area contributed by atoms with Gasteiger partial charge in [-0.05, 0) is 19.2 Å². The second-order valence-electron chi connectivity index (χ2n) is 4.62. The van der Waals surface area contributed by atoms with Crippen LogP contribution >= 0.6 is 11.6 Å². The predicted octanol–water partition coefficient (Wildman–Crippen LogP) is 3.06. The van der Waals surface area contributed by atoms with Crippen LogP contribution in [0.15, 0.2) is 24.3 Å². The topological polar surface area (TPSA) is 32.3 Å². The molecule has 2 heterocycles. The van der Waals surface area contributed by atoms with Gasteiger partial charge in [0.05, 0.1) is 11.0 Å². The summed E-state index contributed by atoms with van der Waals surface area (Å²) >= 11 is 6.24. The second kappa shape index (κ2) is 6.86. The molecule has 0 N–H and O–H groups in total. The number of fused-ring (bicyclic) bond motifs is 1. The van der Waals surface area contributed by atoms with E-state index in [1.165, 1.54) is 0 Å². The van der Waals surface area contributed by atoms with E-state index in [9.17, 15) is 0 Å². The summed E-state index contributed by atoms with van der Waals surface area (Å²) in [5.74, 6) is 0.809. The average Bonchev–Trinajstić information content (AvgIpc) is 2.49. The van der Waals surface area contributed by atoms with Gasteiger partial charge >= 0.3 is 0 Å². The number of piperazine rings is 1. The molecule has 0 unspecified atom stereocenters. The van der Waals surface area contributed by atoms with Gasteiger partial charge in [-0.25, -0.2) is 9.97 Å². The van der Waals surface area contributed by atoms with Crippen LogP contribution < -0.4 is 4.90 Å². The second-order valence-corrected chi connectivity index (χ2v) is 4.98. The first-order valence-corrected chi connectivity index (χ1v) is 7.47. The normalized spacial score (nSPS) is 15.9. The van der Waals surface area contributed by atoms with Gasteiger partial charge in [0.1, 0.15) is 0 Å². The third kappa shape index (κ3) is 3.19. The lowest BCUT2D eigenvalue weighted by atomic mass is 10.3. The van der Waals surface area contributed by atoms with E-state index in [2.05, 4.69) is 26.8 Å². The van der Waals surface area contributed by atoms with Crippen molar-refractivity contribution in [3.63, 3.8) is 0 Å². The number of aromatic nitrogens is 2. The van der Waals surface area contributed by atoms with Gasteiger partial charge in [-0.1, -0.05) is 37.6 Å². The zero-order chi connectivity index (χ0) is 14.5. The maximum Gasteiger partial charge on any atom is 0.172 e. The highest BCUT2D eigenvalue weighted by Crippen LogP contribution is 2.25. The summed E-state index contributed by atoms with van der Waals surface area (Å²) in [6.45, 7) is 7.96. The lowest BCUT2D eigenvalue weighted by Crippen LogP contribution is -2.45. The highest BCUT2D eigenvalue weighted by atomic mass is 35.5. The van der Waals surface area contributed by atoms with E-state index >= 15 is 0 Å². The average molecular weight is 293 g/mol. The first-order chi connectivity index (χ1) is 9.74. The molecule has 20 heavy (non-hydrogen) atoms. The Labute approximate surface area is 125 Å². The molecule has 3 rings (SSSR count). The summed E-state index contributed by atoms with van der Waals surface area (Å²) in [4.78, 5) is 13.6. The van der Waals surface area contributed by atoms with Crippen LogP contribution in [0.1, 0.15) is 13.8 Å². The van der Waals surface area contributed by atoms with E-state index in [4.69, 9.17) is 11.6 Å². The Kier molecular flexibility index (Phi) is 5.15. The van der Waals surface area contributed by atoms with Crippen LogP contribution in [0, 0.1) is 0 Å². The Morgan fingerprint density at radius 1 is 0.950 bits per heavy atom. The number of hydrogen-bond acceptors (Lipinski definition) is 4. The van der Waals surface area contributed by atoms with Gasteiger partial charge in [0.2, 0.25) is 0 Å². The predicted molar refractivity (Wildman–Crippen MR) is 85.6 cm³/mol. The number of hydrogen-bond donors (Lipinski definition) is 0. The Hall–Kier alpha value is -1.39. The van der Waals surface area contributed by atoms with Crippen molar-refractivity contribution in [3.8, 4) is 0 Å². The standard InChI is InChI=1S/C13H15ClN4.C2H6/c1-17-6-8-18(9-7-17)13-12(14)15-10-4-2-3-5-11(10)16-13;1-2/h2-5H,6-9H2,1H3;1-2H3. The molecule has 1 fully saturated rings. The third-order valence-corrected chi connectivity index (χ3v) is 3.57. The largest absolute Gasteiger partial charge is 0.351 e. The fraction of sp³-hybridized carbons (Fsp3) is 0.467. The summed E-state index contributed by atoms with van der Waals surface area (Å²) in [6, 6.07) is 7.82. The minimum absolute atomic E-state index is 0.498. The first kappa shape index (κ1) is 15.0. The number of nitrogens with zero attached hydrogens (tertiary/aromatic N) is 4. The fourth-order valence-corrected chi connectivity index (χ4v) is 2.44. The molecule has 0 aliphatic carbocycles. The number of para-hydroxylation sites is 2. The monoisotopic (exact) mass is 292 g/mol. The molecule has 0 saturated carbocycles. The van der Waals surface area contributed by atoms with Crippen molar-refractivity contribution in [3.05, 3.63) is 29.4 Å². The highest BCUT2D eigenvalue weighted by Gasteiger charge is 2.19. The van der Waals surface area contributed by atoms with E-state index in [0.29, 0.717) is 5.15 Å². The van der Waals surface area contributed by atoms with Crippen LogP contribution in [0.25, 0.3) is 11.0 Å². The molecule has 0 radical (unpaired) electrons. The SMILES string of the molecule is CC.CN1CCN(c2nc3ccccc3nc2Cl)CC1. The molecule has 0 spiro atoms. The molecular formula is C15H21ClN4. The van der Waals surface area contributed by atoms with Crippen molar-refractivity contribution in [2.75, 3.05) is 38.1 Å². The van der Waals surface area contributed by atoms with E-state index in [0.717, 1.165) is 43.0 Å². The molecule has 0 atom stereocenters. The quantitative estimate of drug-likeness (QED) is 0.809. The molecule has 1 aliphatic heterocycles. The van der Waals surface area contributed by atoms with Gasteiger partial charge in [0, 0.05) is 26.2 Å². The molecule has 1 aromatic carbocycles. The lowest BCUT2D eigenvalue weighted by Gasteiger charge is -2.33. The number of rotatable bonds is 1. The number of anilines is 1. The molecule has 1 aliphatic rings. The maximum atomic E-state index is 6.24. The highest BCUT2D eigenvalue weighted by molar-refractivity contribution is 6.32. The van der Waals surface area contributed by atoms with E-state index < -0.39 is 0 Å². The minimum atomic E-state index is 0.498. The van der Waals surface area contributed by atoms with Gasteiger partial charge in [-0.3, -0.25) is 0 Å². The molecule has 0 amide bonds. The van der Waals surface area contributed by atoms with Crippen molar-refractivity contribution in [1.82, 2.24) is 14.9 Å². The Balaban J connectivity index is 0.000000704. The van der Waals surface area contributed by atoms with Crippen molar-refractivity contribution >= 4 is 28.5 Å². The van der Waals surface area contributed by atoms with E-state index in [-0.39, 0.29) is 0 Å². The van der Waals surface area contributed by atoms with Gasteiger partial charge in [-0.15, -0.1) is 0 Å². The van der Waals surface area contributed by atoms with Crippen LogP contribution in [0.2, 0.25) is 5.15 Å². The summed E-state index contributed by atoms with van der Waals surface area (Å²) in [6.07, 6.45) is 0.